The Hall–Kier alpha value is -3.08. The van der Waals surface area contributed by atoms with Crippen molar-refractivity contribution < 1.29 is 14.1 Å². The van der Waals surface area contributed by atoms with Crippen LogP contribution in [0, 0.1) is 5.41 Å². The van der Waals surface area contributed by atoms with Gasteiger partial charge in [0.1, 0.15) is 0 Å². The van der Waals surface area contributed by atoms with Crippen LogP contribution >= 0.6 is 0 Å². The quantitative estimate of drug-likeness (QED) is 0.317. The lowest BCUT2D eigenvalue weighted by atomic mass is 9.79. The average molecular weight is 520 g/mol. The van der Waals surface area contributed by atoms with Crippen LogP contribution in [-0.4, -0.2) is 89.0 Å². The van der Waals surface area contributed by atoms with Crippen molar-refractivity contribution in [2.45, 2.75) is 38.9 Å². The van der Waals surface area contributed by atoms with Crippen molar-refractivity contribution in [1.29, 1.82) is 5.41 Å². The zero-order chi connectivity index (χ0) is 27.5. The summed E-state index contributed by atoms with van der Waals surface area (Å²) in [5.74, 6) is 0. The number of piperazine rings is 1. The van der Waals surface area contributed by atoms with Crippen molar-refractivity contribution in [2.75, 3.05) is 68.1 Å². The second kappa shape index (κ2) is 11.3. The van der Waals surface area contributed by atoms with Crippen molar-refractivity contribution in [1.82, 2.24) is 10.2 Å². The van der Waals surface area contributed by atoms with Crippen molar-refractivity contribution >= 4 is 42.0 Å². The molecule has 204 valence electrons. The van der Waals surface area contributed by atoms with E-state index in [9.17, 15) is 4.79 Å². The Bertz CT molecular complexity index is 1080. The van der Waals surface area contributed by atoms with E-state index in [0.29, 0.717) is 12.2 Å². The van der Waals surface area contributed by atoms with E-state index in [1.165, 1.54) is 10.6 Å². The van der Waals surface area contributed by atoms with Gasteiger partial charge in [0.05, 0.1) is 23.2 Å². The molecular weight excluding hydrogens is 479 g/mol. The summed E-state index contributed by atoms with van der Waals surface area (Å²) in [6, 6.07) is 16.1. The first-order valence-corrected chi connectivity index (χ1v) is 13.3. The van der Waals surface area contributed by atoms with Gasteiger partial charge in [0, 0.05) is 50.6 Å². The van der Waals surface area contributed by atoms with Crippen molar-refractivity contribution in [3.63, 3.8) is 0 Å². The summed E-state index contributed by atoms with van der Waals surface area (Å²) < 4.78 is 12.4. The van der Waals surface area contributed by atoms with Gasteiger partial charge >= 0.3 is 13.1 Å². The summed E-state index contributed by atoms with van der Waals surface area (Å²) in [5, 5.41) is 10.5. The lowest BCUT2D eigenvalue weighted by Crippen LogP contribution is -2.46. The molecule has 0 radical (unpaired) electrons. The predicted molar refractivity (Wildman–Crippen MR) is 156 cm³/mol. The normalized spacial score (nSPS) is 18.6. The van der Waals surface area contributed by atoms with Gasteiger partial charge in [-0.2, -0.15) is 0 Å². The number of anilines is 3. The zero-order valence-electron chi connectivity index (χ0n) is 23.5. The van der Waals surface area contributed by atoms with Crippen molar-refractivity contribution in [3.05, 3.63) is 48.5 Å². The van der Waals surface area contributed by atoms with Crippen LogP contribution in [0.1, 0.15) is 27.7 Å². The van der Waals surface area contributed by atoms with E-state index in [1.54, 1.807) is 0 Å². The number of nitrogens with one attached hydrogen (secondary N) is 2. The van der Waals surface area contributed by atoms with Crippen LogP contribution in [0.4, 0.5) is 21.9 Å². The third kappa shape index (κ3) is 6.14. The SMILES string of the molecule is CN(C)CCNC(=O)N(C=N)c1ccc(N2CCN(c3ccc(B4OC(C)(C)C(C)(C)O4)cc3)CC2)cc1. The van der Waals surface area contributed by atoms with Crippen LogP contribution in [0.15, 0.2) is 48.5 Å². The molecule has 0 atom stereocenters. The van der Waals surface area contributed by atoms with Gasteiger partial charge in [0.15, 0.2) is 0 Å². The highest BCUT2D eigenvalue weighted by Gasteiger charge is 2.51. The van der Waals surface area contributed by atoms with E-state index >= 15 is 0 Å². The Labute approximate surface area is 227 Å². The summed E-state index contributed by atoms with van der Waals surface area (Å²) in [4.78, 5) is 20.6. The second-order valence-electron chi connectivity index (χ2n) is 11.2. The minimum Gasteiger partial charge on any atom is -0.399 e. The molecule has 2 aromatic carbocycles. The van der Waals surface area contributed by atoms with Crippen LogP contribution in [0.2, 0.25) is 0 Å². The summed E-state index contributed by atoms with van der Waals surface area (Å²) in [7, 11) is 3.57. The molecule has 0 spiro atoms. The number of carbonyl (C=O) groups excluding carboxylic acids is 1. The molecule has 2 aliphatic heterocycles. The summed E-state index contributed by atoms with van der Waals surface area (Å²) in [5.41, 5.74) is 3.33. The first-order chi connectivity index (χ1) is 18.0. The third-order valence-electron chi connectivity index (χ3n) is 7.74. The molecule has 0 unspecified atom stereocenters. The first-order valence-electron chi connectivity index (χ1n) is 13.3. The van der Waals surface area contributed by atoms with Crippen LogP contribution in [-0.2, 0) is 9.31 Å². The number of hydrogen-bond donors (Lipinski definition) is 2. The number of urea groups is 1. The third-order valence-corrected chi connectivity index (χ3v) is 7.74. The zero-order valence-corrected chi connectivity index (χ0v) is 23.5. The molecule has 2 fully saturated rings. The molecule has 2 aromatic rings. The van der Waals surface area contributed by atoms with Crippen molar-refractivity contribution in [3.8, 4) is 0 Å². The maximum absolute atomic E-state index is 12.5. The Morgan fingerprint density at radius 1 is 0.921 bits per heavy atom. The molecule has 0 bridgehead atoms. The standard InChI is InChI=1S/C28H41BN6O3/c1-27(2)28(3,4)38-29(37-27)22-7-9-23(10-8-22)33-17-19-34(20-18-33)24-11-13-25(14-12-24)35(21-30)26(36)31-15-16-32(5)6/h7-14,21,30H,15-20H2,1-6H3,(H,31,36). The number of nitrogens with zero attached hydrogens (tertiary/aromatic N) is 4. The molecule has 0 aliphatic carbocycles. The fourth-order valence-corrected chi connectivity index (χ4v) is 4.59. The molecule has 2 N–H and O–H groups in total. The number of benzene rings is 2. The molecule has 2 amide bonds. The van der Waals surface area contributed by atoms with Gasteiger partial charge < -0.3 is 29.3 Å². The molecule has 4 rings (SSSR count). The highest BCUT2D eigenvalue weighted by atomic mass is 16.7. The monoisotopic (exact) mass is 520 g/mol. The fraction of sp³-hybridized carbons (Fsp3) is 0.500. The molecule has 2 saturated heterocycles. The van der Waals surface area contributed by atoms with Gasteiger partial charge in [-0.3, -0.25) is 10.3 Å². The number of amides is 2. The molecule has 9 nitrogen and oxygen atoms in total. The Balaban J connectivity index is 1.31. The Morgan fingerprint density at radius 3 is 1.84 bits per heavy atom. The summed E-state index contributed by atoms with van der Waals surface area (Å²) in [6.07, 6.45) is 1.05. The van der Waals surface area contributed by atoms with Crippen LogP contribution in [0.25, 0.3) is 0 Å². The van der Waals surface area contributed by atoms with Gasteiger partial charge in [-0.25, -0.2) is 4.79 Å². The van der Waals surface area contributed by atoms with Gasteiger partial charge in [-0.05, 0) is 83.7 Å². The summed E-state index contributed by atoms with van der Waals surface area (Å²) in [6.45, 7) is 13.2. The maximum Gasteiger partial charge on any atom is 0.494 e. The van der Waals surface area contributed by atoms with E-state index in [1.807, 2.05) is 43.3 Å². The van der Waals surface area contributed by atoms with E-state index < -0.39 is 0 Å². The minimum absolute atomic E-state index is 0.298. The number of rotatable bonds is 8. The molecule has 38 heavy (non-hydrogen) atoms. The van der Waals surface area contributed by atoms with Crippen LogP contribution in [0.5, 0.6) is 0 Å². The molecule has 2 heterocycles. The Morgan fingerprint density at radius 2 is 1.39 bits per heavy atom. The number of hydrogen-bond acceptors (Lipinski definition) is 7. The smallest absolute Gasteiger partial charge is 0.399 e. The number of carbonyl (C=O) groups is 1. The molecular formula is C28H41BN6O3. The highest BCUT2D eigenvalue weighted by molar-refractivity contribution is 6.62. The number of likely N-dealkylation sites (N-methyl/N-ethyl adjacent to an activating group) is 1. The van der Waals surface area contributed by atoms with Gasteiger partial charge in [0.25, 0.3) is 0 Å². The van der Waals surface area contributed by atoms with E-state index in [0.717, 1.165) is 50.2 Å². The van der Waals surface area contributed by atoms with Crippen molar-refractivity contribution in [2.24, 2.45) is 0 Å². The topological polar surface area (TPSA) is 84.4 Å². The maximum atomic E-state index is 12.5. The Kier molecular flexibility index (Phi) is 8.35. The van der Waals surface area contributed by atoms with Gasteiger partial charge in [-0.1, -0.05) is 12.1 Å². The minimum atomic E-state index is -0.346. The lowest BCUT2D eigenvalue weighted by Gasteiger charge is -2.37. The van der Waals surface area contributed by atoms with Gasteiger partial charge in [0.2, 0.25) is 0 Å². The largest absolute Gasteiger partial charge is 0.494 e. The lowest BCUT2D eigenvalue weighted by molar-refractivity contribution is 0.00578. The molecule has 10 heteroatoms. The highest BCUT2D eigenvalue weighted by Crippen LogP contribution is 2.36. The predicted octanol–water partition coefficient (Wildman–Crippen LogP) is 3.00. The van der Waals surface area contributed by atoms with Crippen LogP contribution < -0.4 is 25.5 Å². The molecule has 0 aromatic heterocycles. The molecule has 0 saturated carbocycles. The van der Waals surface area contributed by atoms with Gasteiger partial charge in [-0.15, -0.1) is 0 Å². The second-order valence-corrected chi connectivity index (χ2v) is 11.2. The van der Waals surface area contributed by atoms with E-state index in [-0.39, 0.29) is 24.4 Å². The first kappa shape index (κ1) is 27.9. The molecule has 2 aliphatic rings. The average Bonchev–Trinajstić information content (AvgIpc) is 3.11. The fourth-order valence-electron chi connectivity index (χ4n) is 4.59. The van der Waals surface area contributed by atoms with Crippen LogP contribution in [0.3, 0.4) is 0 Å². The summed E-state index contributed by atoms with van der Waals surface area (Å²) >= 11 is 0. The van der Waals surface area contributed by atoms with E-state index in [2.05, 4.69) is 67.1 Å². The van der Waals surface area contributed by atoms with E-state index in [4.69, 9.17) is 14.7 Å².